The molecular weight excluding hydrogens is 516 g/mol. The highest BCUT2D eigenvalue weighted by Crippen LogP contribution is 2.58. The van der Waals surface area contributed by atoms with Gasteiger partial charge in [-0.1, -0.05) is 85.7 Å². The van der Waals surface area contributed by atoms with Gasteiger partial charge in [-0.25, -0.2) is 0 Å². The maximum absolute atomic E-state index is 12.2. The van der Waals surface area contributed by atoms with Crippen LogP contribution < -0.4 is 9.47 Å². The predicted molar refractivity (Wildman–Crippen MR) is 175 cm³/mol. The summed E-state index contributed by atoms with van der Waals surface area (Å²) in [6.07, 6.45) is 0. The van der Waals surface area contributed by atoms with E-state index in [1.807, 2.05) is 6.07 Å². The van der Waals surface area contributed by atoms with Crippen molar-refractivity contribution in [2.75, 3.05) is 7.11 Å². The molecule has 0 saturated carbocycles. The molecule has 0 aromatic heterocycles. The lowest BCUT2D eigenvalue weighted by atomic mass is 9.75. The van der Waals surface area contributed by atoms with Gasteiger partial charge in [0.05, 0.1) is 7.11 Å². The highest BCUT2D eigenvalue weighted by Gasteiger charge is 2.41. The Morgan fingerprint density at radius 3 is 1.71 bits per heavy atom. The van der Waals surface area contributed by atoms with Gasteiger partial charge >= 0.3 is 5.97 Å². The molecule has 4 unspecified atom stereocenters. The first-order valence-corrected chi connectivity index (χ1v) is 15.9. The Morgan fingerprint density at radius 2 is 1.17 bits per heavy atom. The van der Waals surface area contributed by atoms with Gasteiger partial charge in [0, 0.05) is 23.3 Å². The maximum atomic E-state index is 12.2. The molecule has 2 aliphatic rings. The van der Waals surface area contributed by atoms with E-state index in [0.717, 1.165) is 22.3 Å². The van der Waals surface area contributed by atoms with E-state index in [4.69, 9.17) is 9.47 Å². The molecule has 0 N–H and O–H groups in total. The van der Waals surface area contributed by atoms with Gasteiger partial charge in [0.25, 0.3) is 0 Å². The number of esters is 1. The Kier molecular flexibility index (Phi) is 7.15. The molecule has 4 aromatic carbocycles. The topological polar surface area (TPSA) is 35.5 Å². The van der Waals surface area contributed by atoms with Crippen LogP contribution >= 0.6 is 0 Å². The molecule has 0 radical (unpaired) electrons. The number of methoxy groups -OCH3 is 1. The van der Waals surface area contributed by atoms with Gasteiger partial charge in [-0.15, -0.1) is 0 Å². The summed E-state index contributed by atoms with van der Waals surface area (Å²) in [5, 5.41) is 4.86. The minimum atomic E-state index is -0.292. The van der Waals surface area contributed by atoms with Crippen LogP contribution in [0.5, 0.6) is 11.5 Å². The summed E-state index contributed by atoms with van der Waals surface area (Å²) in [7, 11) is 1.80. The van der Waals surface area contributed by atoms with Crippen molar-refractivity contribution in [3.63, 3.8) is 0 Å². The molecule has 0 amide bonds. The van der Waals surface area contributed by atoms with Gasteiger partial charge in [-0.3, -0.25) is 4.79 Å². The summed E-state index contributed by atoms with van der Waals surface area (Å²) in [5.41, 5.74) is 7.90. The number of carbonyl (C=O) groups is 1. The molecule has 3 nitrogen and oxygen atoms in total. The molecule has 0 heterocycles. The molecular formula is C39H46O3. The standard InChI is InChI=1S/C39H46O3/c1-19(2)33-25-12-11-13-27-37(25)31(36(33)22(7)8)18-28(39(27)41-10)24-16-29-32(42-23(9)40)15-14-26-34(20(3)4)35(21(5)6)30(17-24)38(26)29/h11-22,33-36H,1-10H3. The molecule has 0 aliphatic heterocycles. The normalized spacial score (nSPS) is 21.1. The quantitative estimate of drug-likeness (QED) is 0.166. The molecule has 4 atom stereocenters. The third-order valence-electron chi connectivity index (χ3n) is 10.2. The molecule has 6 rings (SSSR count). The van der Waals surface area contributed by atoms with Gasteiger partial charge in [-0.2, -0.15) is 0 Å². The van der Waals surface area contributed by atoms with E-state index < -0.39 is 0 Å². The Bertz CT molecular complexity index is 1710. The van der Waals surface area contributed by atoms with Crippen LogP contribution in [-0.2, 0) is 4.79 Å². The second-order valence-electron chi connectivity index (χ2n) is 14.1. The lowest BCUT2D eigenvalue weighted by Gasteiger charge is -2.29. The van der Waals surface area contributed by atoms with Crippen molar-refractivity contribution < 1.29 is 14.3 Å². The van der Waals surface area contributed by atoms with Crippen molar-refractivity contribution in [3.05, 3.63) is 70.8 Å². The number of hydrogen-bond acceptors (Lipinski definition) is 3. The van der Waals surface area contributed by atoms with Crippen LogP contribution in [0.15, 0.2) is 48.5 Å². The number of carbonyl (C=O) groups excluding carboxylic acids is 1. The van der Waals surface area contributed by atoms with Crippen molar-refractivity contribution in [3.8, 4) is 22.6 Å². The lowest BCUT2D eigenvalue weighted by Crippen LogP contribution is -2.16. The van der Waals surface area contributed by atoms with Crippen LogP contribution in [0, 0.1) is 23.7 Å². The average Bonchev–Trinajstić information content (AvgIpc) is 3.45. The Labute approximate surface area is 251 Å². The average molecular weight is 563 g/mol. The van der Waals surface area contributed by atoms with E-state index in [9.17, 15) is 4.79 Å². The minimum absolute atomic E-state index is 0.292. The third kappa shape index (κ3) is 4.18. The first-order chi connectivity index (χ1) is 20.0. The zero-order valence-corrected chi connectivity index (χ0v) is 27.0. The third-order valence-corrected chi connectivity index (χ3v) is 10.2. The van der Waals surface area contributed by atoms with Gasteiger partial charge in [-0.05, 0) is 104 Å². The van der Waals surface area contributed by atoms with E-state index in [1.165, 1.54) is 45.3 Å². The largest absolute Gasteiger partial charge is 0.495 e. The summed E-state index contributed by atoms with van der Waals surface area (Å²) in [5.74, 6) is 5.02. The van der Waals surface area contributed by atoms with E-state index in [1.54, 1.807) is 7.11 Å². The number of rotatable bonds is 7. The first-order valence-electron chi connectivity index (χ1n) is 15.9. The lowest BCUT2D eigenvalue weighted by molar-refractivity contribution is -0.131. The van der Waals surface area contributed by atoms with Crippen LogP contribution in [-0.4, -0.2) is 13.1 Å². The predicted octanol–water partition coefficient (Wildman–Crippen LogP) is 10.6. The summed E-state index contributed by atoms with van der Waals surface area (Å²) < 4.78 is 12.1. The van der Waals surface area contributed by atoms with Crippen LogP contribution in [0.1, 0.15) is 108 Å². The second kappa shape index (κ2) is 10.4. The number of ether oxygens (including phenoxy) is 2. The summed E-state index contributed by atoms with van der Waals surface area (Å²) in [6, 6.07) is 18.1. The minimum Gasteiger partial charge on any atom is -0.495 e. The van der Waals surface area contributed by atoms with Gasteiger partial charge in [0.2, 0.25) is 0 Å². The molecule has 42 heavy (non-hydrogen) atoms. The fourth-order valence-electron chi connectivity index (χ4n) is 8.82. The molecule has 0 saturated heterocycles. The van der Waals surface area contributed by atoms with Gasteiger partial charge < -0.3 is 9.47 Å². The summed E-state index contributed by atoms with van der Waals surface area (Å²) >= 11 is 0. The highest BCUT2D eigenvalue weighted by molar-refractivity contribution is 6.05. The zero-order valence-electron chi connectivity index (χ0n) is 27.0. The van der Waals surface area contributed by atoms with Crippen LogP contribution in [0.3, 0.4) is 0 Å². The molecule has 220 valence electrons. The maximum Gasteiger partial charge on any atom is 0.308 e. The van der Waals surface area contributed by atoms with E-state index >= 15 is 0 Å². The monoisotopic (exact) mass is 562 g/mol. The van der Waals surface area contributed by atoms with Gasteiger partial charge in [0.15, 0.2) is 0 Å². The smallest absolute Gasteiger partial charge is 0.308 e. The Hall–Kier alpha value is -3.33. The van der Waals surface area contributed by atoms with E-state index in [-0.39, 0.29) is 5.97 Å². The van der Waals surface area contributed by atoms with Crippen LogP contribution in [0.2, 0.25) is 0 Å². The Morgan fingerprint density at radius 1 is 0.643 bits per heavy atom. The van der Waals surface area contributed by atoms with Crippen molar-refractivity contribution in [2.45, 2.75) is 86.0 Å². The molecule has 3 heteroatoms. The molecule has 0 fully saturated rings. The second-order valence-corrected chi connectivity index (χ2v) is 14.1. The molecule has 0 bridgehead atoms. The van der Waals surface area contributed by atoms with Gasteiger partial charge in [0.1, 0.15) is 11.5 Å². The zero-order chi connectivity index (χ0) is 30.2. The fraction of sp³-hybridized carbons (Fsp3) is 0.462. The molecule has 0 spiro atoms. The van der Waals surface area contributed by atoms with Crippen LogP contribution in [0.4, 0.5) is 0 Å². The Balaban J connectivity index is 1.69. The van der Waals surface area contributed by atoms with E-state index in [0.29, 0.717) is 53.1 Å². The summed E-state index contributed by atoms with van der Waals surface area (Å²) in [6.45, 7) is 20.3. The highest BCUT2D eigenvalue weighted by atomic mass is 16.5. The summed E-state index contributed by atoms with van der Waals surface area (Å²) in [4.78, 5) is 12.2. The fourth-order valence-corrected chi connectivity index (χ4v) is 8.82. The van der Waals surface area contributed by atoms with Crippen LogP contribution in [0.25, 0.3) is 32.7 Å². The van der Waals surface area contributed by atoms with Crippen molar-refractivity contribution in [2.24, 2.45) is 23.7 Å². The van der Waals surface area contributed by atoms with E-state index in [2.05, 4.69) is 97.9 Å². The molecule has 4 aromatic rings. The van der Waals surface area contributed by atoms with Crippen molar-refractivity contribution in [1.29, 1.82) is 0 Å². The van der Waals surface area contributed by atoms with Crippen molar-refractivity contribution >= 4 is 27.5 Å². The number of hydrogen-bond donors (Lipinski definition) is 0. The SMILES string of the molecule is COc1c(-c2cc3c4c(ccc(OC(C)=O)c4c2)C(C(C)C)C3C(C)C)cc2c3c(cccc13)C(C(C)C)C2C(C)C. The van der Waals surface area contributed by atoms with Crippen molar-refractivity contribution in [1.82, 2.24) is 0 Å². The molecule has 2 aliphatic carbocycles. The first kappa shape index (κ1) is 28.8. The number of benzene rings is 4.